The van der Waals surface area contributed by atoms with Crippen molar-refractivity contribution in [1.29, 1.82) is 0 Å². The van der Waals surface area contributed by atoms with Crippen LogP contribution >= 0.6 is 0 Å². The molecule has 0 saturated heterocycles. The van der Waals surface area contributed by atoms with Crippen molar-refractivity contribution in [2.45, 2.75) is 59.8 Å². The summed E-state index contributed by atoms with van der Waals surface area (Å²) in [5.41, 5.74) is 0. The van der Waals surface area contributed by atoms with Gasteiger partial charge in [0.05, 0.1) is 0 Å². The van der Waals surface area contributed by atoms with Crippen molar-refractivity contribution in [3.05, 3.63) is 0 Å². The Labute approximate surface area is 73.9 Å². The van der Waals surface area contributed by atoms with Gasteiger partial charge in [0, 0.05) is 1.43 Å². The molecular weight excluding hydrogens is 132 g/mol. The van der Waals surface area contributed by atoms with E-state index in [1.165, 1.54) is 32.1 Å². The predicted octanol–water partition coefficient (Wildman–Crippen LogP) is 4.49. The summed E-state index contributed by atoms with van der Waals surface area (Å²) in [6.45, 7) is 8.98. The third kappa shape index (κ3) is 6.40. The molecule has 0 heteroatoms. The molecular formula is C11H26. The SMILES string of the molecule is CC1CCC(C)CC1.CCC.[HH]. The van der Waals surface area contributed by atoms with Gasteiger partial charge in [0.2, 0.25) is 0 Å². The number of hydrogen-bond acceptors (Lipinski definition) is 0. The van der Waals surface area contributed by atoms with Crippen LogP contribution in [0.2, 0.25) is 0 Å². The monoisotopic (exact) mass is 158 g/mol. The third-order valence-corrected chi connectivity index (χ3v) is 2.30. The first-order chi connectivity index (χ1) is 5.20. The molecule has 1 fully saturated rings. The molecule has 0 unspecified atom stereocenters. The largest absolute Gasteiger partial charge is 0.0656 e. The minimum Gasteiger partial charge on any atom is -0.0656 e. The van der Waals surface area contributed by atoms with E-state index < -0.39 is 0 Å². The average molecular weight is 158 g/mol. The smallest absolute Gasteiger partial charge is 0 e. The molecule has 0 bridgehead atoms. The zero-order valence-electron chi connectivity index (χ0n) is 8.69. The van der Waals surface area contributed by atoms with Gasteiger partial charge < -0.3 is 0 Å². The highest BCUT2D eigenvalue weighted by atomic mass is 14.2. The van der Waals surface area contributed by atoms with E-state index in [-0.39, 0.29) is 1.43 Å². The summed E-state index contributed by atoms with van der Waals surface area (Å²) in [6.07, 6.45) is 7.14. The zero-order chi connectivity index (χ0) is 8.69. The fraction of sp³-hybridized carbons (Fsp3) is 1.00. The molecule has 0 heterocycles. The minimum absolute atomic E-state index is 0. The highest BCUT2D eigenvalue weighted by Crippen LogP contribution is 2.27. The van der Waals surface area contributed by atoms with Gasteiger partial charge in [0.25, 0.3) is 0 Å². The first-order valence-corrected chi connectivity index (χ1v) is 5.20. The Hall–Kier alpha value is 0. The van der Waals surface area contributed by atoms with Crippen LogP contribution in [0.3, 0.4) is 0 Å². The van der Waals surface area contributed by atoms with Crippen molar-refractivity contribution in [2.24, 2.45) is 11.8 Å². The Bertz CT molecular complexity index is 63.1. The molecule has 0 nitrogen and oxygen atoms in total. The van der Waals surface area contributed by atoms with Gasteiger partial charge in [0.15, 0.2) is 0 Å². The van der Waals surface area contributed by atoms with Crippen LogP contribution < -0.4 is 0 Å². The average Bonchev–Trinajstić information content (AvgIpc) is 1.97. The number of rotatable bonds is 0. The van der Waals surface area contributed by atoms with Crippen LogP contribution in [0.25, 0.3) is 0 Å². The van der Waals surface area contributed by atoms with E-state index in [2.05, 4.69) is 27.7 Å². The normalized spacial score (nSPS) is 30.5. The summed E-state index contributed by atoms with van der Waals surface area (Å²) in [4.78, 5) is 0. The summed E-state index contributed by atoms with van der Waals surface area (Å²) in [6, 6.07) is 0. The molecule has 70 valence electrons. The van der Waals surface area contributed by atoms with E-state index in [1.54, 1.807) is 0 Å². The first-order valence-electron chi connectivity index (χ1n) is 5.20. The lowest BCUT2D eigenvalue weighted by molar-refractivity contribution is 0.308. The summed E-state index contributed by atoms with van der Waals surface area (Å²) in [5.74, 6) is 2.04. The molecule has 11 heavy (non-hydrogen) atoms. The fourth-order valence-electron chi connectivity index (χ4n) is 1.43. The fourth-order valence-corrected chi connectivity index (χ4v) is 1.43. The van der Waals surface area contributed by atoms with Gasteiger partial charge in [0.1, 0.15) is 0 Å². The minimum atomic E-state index is 0. The summed E-state index contributed by atoms with van der Waals surface area (Å²) in [7, 11) is 0. The van der Waals surface area contributed by atoms with Crippen LogP contribution in [-0.4, -0.2) is 0 Å². The molecule has 1 aliphatic carbocycles. The maximum atomic E-state index is 2.37. The van der Waals surface area contributed by atoms with Gasteiger partial charge in [-0.2, -0.15) is 0 Å². The Morgan fingerprint density at radius 1 is 0.909 bits per heavy atom. The topological polar surface area (TPSA) is 0 Å². The maximum absolute atomic E-state index is 2.37. The number of hydrogen-bond donors (Lipinski definition) is 0. The zero-order valence-corrected chi connectivity index (χ0v) is 8.69. The van der Waals surface area contributed by atoms with E-state index in [1.807, 2.05) is 0 Å². The molecule has 0 aromatic carbocycles. The van der Waals surface area contributed by atoms with Gasteiger partial charge in [-0.1, -0.05) is 59.8 Å². The molecule has 1 aliphatic rings. The standard InChI is InChI=1S/C8H16.C3H8.H2/c1-7-3-5-8(2)6-4-7;1-3-2;/h7-8H,3-6H2,1-2H3;3H2,1-2H3;1H. The second-order valence-corrected chi connectivity index (χ2v) is 4.07. The van der Waals surface area contributed by atoms with Gasteiger partial charge in [-0.25, -0.2) is 0 Å². The molecule has 0 radical (unpaired) electrons. The van der Waals surface area contributed by atoms with Gasteiger partial charge in [-0.05, 0) is 11.8 Å². The van der Waals surface area contributed by atoms with Crippen LogP contribution in [-0.2, 0) is 0 Å². The van der Waals surface area contributed by atoms with Crippen molar-refractivity contribution in [1.82, 2.24) is 0 Å². The highest BCUT2D eigenvalue weighted by molar-refractivity contribution is 4.65. The van der Waals surface area contributed by atoms with Crippen LogP contribution in [0.15, 0.2) is 0 Å². The lowest BCUT2D eigenvalue weighted by atomic mass is 9.84. The lowest BCUT2D eigenvalue weighted by Gasteiger charge is -2.22. The Morgan fingerprint density at radius 2 is 1.09 bits per heavy atom. The van der Waals surface area contributed by atoms with Crippen molar-refractivity contribution in [3.63, 3.8) is 0 Å². The van der Waals surface area contributed by atoms with Crippen LogP contribution in [0.5, 0.6) is 0 Å². The molecule has 0 N–H and O–H groups in total. The first kappa shape index (κ1) is 11.0. The maximum Gasteiger partial charge on any atom is 0 e. The molecule has 0 atom stereocenters. The summed E-state index contributed by atoms with van der Waals surface area (Å²) in [5, 5.41) is 0. The van der Waals surface area contributed by atoms with Gasteiger partial charge >= 0.3 is 0 Å². The lowest BCUT2D eigenvalue weighted by Crippen LogP contribution is -2.08. The molecule has 0 spiro atoms. The molecule has 0 aromatic heterocycles. The molecule has 0 amide bonds. The van der Waals surface area contributed by atoms with E-state index in [0.29, 0.717) is 0 Å². The van der Waals surface area contributed by atoms with Gasteiger partial charge in [-0.3, -0.25) is 0 Å². The van der Waals surface area contributed by atoms with E-state index >= 15 is 0 Å². The quantitative estimate of drug-likeness (QED) is 0.487. The van der Waals surface area contributed by atoms with Crippen molar-refractivity contribution >= 4 is 0 Å². The van der Waals surface area contributed by atoms with Gasteiger partial charge in [-0.15, -0.1) is 0 Å². The second-order valence-electron chi connectivity index (χ2n) is 4.07. The van der Waals surface area contributed by atoms with Crippen LogP contribution in [0.1, 0.15) is 61.2 Å². The Balaban J connectivity index is 0. The molecule has 1 rings (SSSR count). The molecule has 0 aromatic rings. The van der Waals surface area contributed by atoms with Crippen LogP contribution in [0, 0.1) is 11.8 Å². The van der Waals surface area contributed by atoms with Crippen molar-refractivity contribution < 1.29 is 1.43 Å². The Kier molecular flexibility index (Phi) is 6.69. The third-order valence-electron chi connectivity index (χ3n) is 2.30. The van der Waals surface area contributed by atoms with Crippen molar-refractivity contribution in [2.75, 3.05) is 0 Å². The van der Waals surface area contributed by atoms with E-state index in [9.17, 15) is 0 Å². The summed E-state index contributed by atoms with van der Waals surface area (Å²) < 4.78 is 0. The second kappa shape index (κ2) is 6.69. The van der Waals surface area contributed by atoms with E-state index in [0.717, 1.165) is 11.8 Å². The molecule has 0 aliphatic heterocycles. The van der Waals surface area contributed by atoms with Crippen molar-refractivity contribution in [3.8, 4) is 0 Å². The predicted molar refractivity (Wildman–Crippen MR) is 54.9 cm³/mol. The Morgan fingerprint density at radius 3 is 1.27 bits per heavy atom. The molecule has 1 saturated carbocycles. The summed E-state index contributed by atoms with van der Waals surface area (Å²) >= 11 is 0. The highest BCUT2D eigenvalue weighted by Gasteiger charge is 2.13. The van der Waals surface area contributed by atoms with E-state index in [4.69, 9.17) is 0 Å². The van der Waals surface area contributed by atoms with Crippen LogP contribution in [0.4, 0.5) is 0 Å².